The highest BCUT2D eigenvalue weighted by Crippen LogP contribution is 2.60. The topological polar surface area (TPSA) is 15.3 Å². The van der Waals surface area contributed by atoms with Crippen molar-refractivity contribution in [3.63, 3.8) is 0 Å². The van der Waals surface area contributed by atoms with Crippen molar-refractivity contribution < 1.29 is 0 Å². The molecule has 7 rings (SSSR count). The molecular formula is C29H30N2. The summed E-state index contributed by atoms with van der Waals surface area (Å²) in [5.41, 5.74) is 7.67. The van der Waals surface area contributed by atoms with Gasteiger partial charge in [-0.1, -0.05) is 61.0 Å². The van der Waals surface area contributed by atoms with Gasteiger partial charge in [-0.3, -0.25) is 0 Å². The standard InChI is InChI=1S/C29H30N2/c1-2-10-20(11-3-1)27-22-14-4-5-17-25(22)31-26-18-9-13-21-12-8-16-24(28(21)26)30-29(31)19-7-6-15-23(27)29/h1-3,8-13,16,18,23,27,30H,4-7,14-15,17,19H2/t23-,27+,29-/m0/s1. The zero-order chi connectivity index (χ0) is 20.4. The number of benzene rings is 3. The third kappa shape index (κ3) is 2.39. The molecule has 2 heteroatoms. The zero-order valence-corrected chi connectivity index (χ0v) is 18.1. The highest BCUT2D eigenvalue weighted by molar-refractivity contribution is 6.06. The van der Waals surface area contributed by atoms with Gasteiger partial charge in [0.25, 0.3) is 0 Å². The minimum atomic E-state index is -0.00241. The molecule has 0 aromatic heterocycles. The predicted molar refractivity (Wildman–Crippen MR) is 129 cm³/mol. The molecule has 3 aromatic carbocycles. The fraction of sp³-hybridized carbons (Fsp3) is 0.379. The average Bonchev–Trinajstić information content (AvgIpc) is 2.83. The van der Waals surface area contributed by atoms with E-state index >= 15 is 0 Å². The summed E-state index contributed by atoms with van der Waals surface area (Å²) in [5.74, 6) is 1.15. The van der Waals surface area contributed by atoms with E-state index in [0.29, 0.717) is 11.8 Å². The van der Waals surface area contributed by atoms with Crippen molar-refractivity contribution in [3.8, 4) is 0 Å². The van der Waals surface area contributed by atoms with Crippen molar-refractivity contribution in [2.24, 2.45) is 5.92 Å². The summed E-state index contributed by atoms with van der Waals surface area (Å²) in [6.07, 6.45) is 10.3. The Balaban J connectivity index is 1.54. The molecule has 2 heterocycles. The Kier molecular flexibility index (Phi) is 3.82. The summed E-state index contributed by atoms with van der Waals surface area (Å²) in [6, 6.07) is 25.2. The van der Waals surface area contributed by atoms with Gasteiger partial charge in [0, 0.05) is 28.6 Å². The smallest absolute Gasteiger partial charge is 0.118 e. The van der Waals surface area contributed by atoms with Gasteiger partial charge in [0.15, 0.2) is 0 Å². The number of allylic oxidation sites excluding steroid dienone is 2. The molecule has 0 amide bonds. The molecule has 0 radical (unpaired) electrons. The maximum absolute atomic E-state index is 4.20. The van der Waals surface area contributed by atoms with E-state index in [4.69, 9.17) is 0 Å². The summed E-state index contributed by atoms with van der Waals surface area (Å²) in [5, 5.41) is 6.97. The Labute approximate surface area is 185 Å². The lowest BCUT2D eigenvalue weighted by Crippen LogP contribution is -2.66. The summed E-state index contributed by atoms with van der Waals surface area (Å²) >= 11 is 0. The van der Waals surface area contributed by atoms with E-state index in [0.717, 1.165) is 0 Å². The van der Waals surface area contributed by atoms with Crippen molar-refractivity contribution in [1.82, 2.24) is 0 Å². The Morgan fingerprint density at radius 3 is 2.55 bits per heavy atom. The summed E-state index contributed by atoms with van der Waals surface area (Å²) < 4.78 is 0. The van der Waals surface area contributed by atoms with Crippen LogP contribution in [0.5, 0.6) is 0 Å². The van der Waals surface area contributed by atoms with E-state index in [1.165, 1.54) is 79.1 Å². The van der Waals surface area contributed by atoms with Crippen LogP contribution < -0.4 is 10.2 Å². The fourth-order valence-electron chi connectivity index (χ4n) is 7.40. The van der Waals surface area contributed by atoms with Gasteiger partial charge in [-0.15, -0.1) is 0 Å². The van der Waals surface area contributed by atoms with Gasteiger partial charge < -0.3 is 10.2 Å². The van der Waals surface area contributed by atoms with Crippen LogP contribution in [0.15, 0.2) is 78.0 Å². The quantitative estimate of drug-likeness (QED) is 0.448. The second kappa shape index (κ2) is 6.63. The van der Waals surface area contributed by atoms with Crippen LogP contribution in [0.2, 0.25) is 0 Å². The molecule has 2 aliphatic heterocycles. The van der Waals surface area contributed by atoms with E-state index in [1.807, 2.05) is 0 Å². The molecule has 0 unspecified atom stereocenters. The number of hydrogen-bond donors (Lipinski definition) is 1. The second-order valence-corrected chi connectivity index (χ2v) is 9.99. The Morgan fingerprint density at radius 1 is 0.806 bits per heavy atom. The molecule has 2 nitrogen and oxygen atoms in total. The van der Waals surface area contributed by atoms with Crippen molar-refractivity contribution in [2.75, 3.05) is 10.2 Å². The molecule has 156 valence electrons. The van der Waals surface area contributed by atoms with Crippen molar-refractivity contribution in [2.45, 2.75) is 62.9 Å². The third-order valence-electron chi connectivity index (χ3n) is 8.50. The first kappa shape index (κ1) is 17.9. The SMILES string of the molecule is c1ccc([C@@H]2C3=C(CCCC3)N3c4cccc5cccc(c45)N[C@@]34CCCC[C@@H]24)cc1. The molecule has 3 aromatic rings. The molecular weight excluding hydrogens is 376 g/mol. The summed E-state index contributed by atoms with van der Waals surface area (Å²) in [6.45, 7) is 0. The van der Waals surface area contributed by atoms with Crippen molar-refractivity contribution >= 4 is 22.1 Å². The predicted octanol–water partition coefficient (Wildman–Crippen LogP) is 7.58. The molecule has 0 bridgehead atoms. The highest BCUT2D eigenvalue weighted by Gasteiger charge is 2.56. The molecule has 2 aliphatic carbocycles. The average molecular weight is 407 g/mol. The number of nitrogens with zero attached hydrogens (tertiary/aromatic N) is 1. The zero-order valence-electron chi connectivity index (χ0n) is 18.1. The molecule has 4 aliphatic rings. The number of anilines is 2. The van der Waals surface area contributed by atoms with Crippen LogP contribution in [0, 0.1) is 5.92 Å². The first-order valence-electron chi connectivity index (χ1n) is 12.2. The summed E-state index contributed by atoms with van der Waals surface area (Å²) in [4.78, 5) is 2.82. The van der Waals surface area contributed by atoms with Crippen LogP contribution in [0.25, 0.3) is 10.8 Å². The molecule has 1 saturated carbocycles. The molecule has 0 saturated heterocycles. The van der Waals surface area contributed by atoms with Crippen molar-refractivity contribution in [3.05, 3.63) is 83.6 Å². The molecule has 31 heavy (non-hydrogen) atoms. The fourth-order valence-corrected chi connectivity index (χ4v) is 7.40. The van der Waals surface area contributed by atoms with Gasteiger partial charge >= 0.3 is 0 Å². The highest BCUT2D eigenvalue weighted by atomic mass is 15.4. The molecule has 1 N–H and O–H groups in total. The Bertz CT molecular complexity index is 1190. The third-order valence-corrected chi connectivity index (χ3v) is 8.50. The van der Waals surface area contributed by atoms with Crippen molar-refractivity contribution in [1.29, 1.82) is 0 Å². The van der Waals surface area contributed by atoms with E-state index in [9.17, 15) is 0 Å². The van der Waals surface area contributed by atoms with Gasteiger partial charge in [0.2, 0.25) is 0 Å². The van der Waals surface area contributed by atoms with Crippen LogP contribution in [0.4, 0.5) is 11.4 Å². The Hall–Kier alpha value is -2.74. The molecule has 3 atom stereocenters. The van der Waals surface area contributed by atoms with Crippen LogP contribution in [0.3, 0.4) is 0 Å². The van der Waals surface area contributed by atoms with Gasteiger partial charge in [-0.05, 0) is 73.6 Å². The monoisotopic (exact) mass is 406 g/mol. The number of fused-ring (bicyclic) bond motifs is 2. The van der Waals surface area contributed by atoms with E-state index < -0.39 is 0 Å². The minimum Gasteiger partial charge on any atom is -0.362 e. The molecule has 1 fully saturated rings. The normalized spacial score (nSPS) is 29.1. The second-order valence-electron chi connectivity index (χ2n) is 9.99. The maximum Gasteiger partial charge on any atom is 0.118 e. The van der Waals surface area contributed by atoms with Gasteiger partial charge in [-0.25, -0.2) is 0 Å². The lowest BCUT2D eigenvalue weighted by molar-refractivity contribution is 0.169. The minimum absolute atomic E-state index is 0.00241. The largest absolute Gasteiger partial charge is 0.362 e. The first-order valence-corrected chi connectivity index (χ1v) is 12.2. The summed E-state index contributed by atoms with van der Waals surface area (Å²) in [7, 11) is 0. The van der Waals surface area contributed by atoms with E-state index in [1.54, 1.807) is 11.3 Å². The lowest BCUT2D eigenvalue weighted by Gasteiger charge is -2.62. The molecule has 1 spiro atoms. The van der Waals surface area contributed by atoms with Crippen LogP contribution in [0.1, 0.15) is 62.8 Å². The van der Waals surface area contributed by atoms with Crippen LogP contribution in [-0.2, 0) is 0 Å². The van der Waals surface area contributed by atoms with Crippen LogP contribution >= 0.6 is 0 Å². The Morgan fingerprint density at radius 2 is 1.65 bits per heavy atom. The first-order chi connectivity index (χ1) is 15.4. The van der Waals surface area contributed by atoms with Gasteiger partial charge in [0.05, 0.1) is 5.69 Å². The number of hydrogen-bond acceptors (Lipinski definition) is 2. The number of nitrogens with one attached hydrogen (secondary N) is 1. The lowest BCUT2D eigenvalue weighted by atomic mass is 9.61. The maximum atomic E-state index is 4.20. The number of rotatable bonds is 1. The van der Waals surface area contributed by atoms with E-state index in [2.05, 4.69) is 76.9 Å². The van der Waals surface area contributed by atoms with E-state index in [-0.39, 0.29) is 5.66 Å². The van der Waals surface area contributed by atoms with Gasteiger partial charge in [-0.2, -0.15) is 0 Å². The van der Waals surface area contributed by atoms with Crippen LogP contribution in [-0.4, -0.2) is 5.66 Å². The van der Waals surface area contributed by atoms with Gasteiger partial charge in [0.1, 0.15) is 5.66 Å².